The summed E-state index contributed by atoms with van der Waals surface area (Å²) in [5.41, 5.74) is 5.47. The first kappa shape index (κ1) is 15.5. The average molecular weight is 300 g/mol. The van der Waals surface area contributed by atoms with Crippen molar-refractivity contribution >= 4 is 10.0 Å². The summed E-state index contributed by atoms with van der Waals surface area (Å²) in [6.45, 7) is 2.50. The smallest absolute Gasteiger partial charge is 0.262 e. The number of hydrogen-bond acceptors (Lipinski definition) is 4. The quantitative estimate of drug-likeness (QED) is 0.897. The van der Waals surface area contributed by atoms with Gasteiger partial charge in [-0.2, -0.15) is 4.31 Å². The second-order valence-electron chi connectivity index (χ2n) is 5.98. The van der Waals surface area contributed by atoms with Crippen molar-refractivity contribution in [2.45, 2.75) is 43.2 Å². The molecule has 0 spiro atoms. The van der Waals surface area contributed by atoms with Crippen LogP contribution in [0.4, 0.5) is 0 Å². The summed E-state index contributed by atoms with van der Waals surface area (Å²) in [5, 5.41) is 0.0913. The number of likely N-dealkylation sites (N-methyl/N-ethyl adjacent to an activating group) is 1. The molecule has 1 aromatic rings. The van der Waals surface area contributed by atoms with Gasteiger partial charge in [-0.15, -0.1) is 0 Å². The molecule has 0 amide bonds. The third kappa shape index (κ3) is 2.62. The lowest BCUT2D eigenvalue weighted by Gasteiger charge is -2.44. The van der Waals surface area contributed by atoms with E-state index in [1.807, 2.05) is 0 Å². The third-order valence-corrected chi connectivity index (χ3v) is 6.27. The molecule has 7 heteroatoms. The number of aryl methyl sites for hydroxylation is 1. The van der Waals surface area contributed by atoms with Gasteiger partial charge in [-0.1, -0.05) is 19.8 Å². The van der Waals surface area contributed by atoms with E-state index in [0.717, 1.165) is 25.7 Å². The Morgan fingerprint density at radius 3 is 2.80 bits per heavy atom. The number of nitrogens with two attached hydrogens (primary N) is 1. The largest absolute Gasteiger partial charge is 0.339 e. The number of hydrogen-bond donors (Lipinski definition) is 1. The van der Waals surface area contributed by atoms with E-state index in [0.29, 0.717) is 12.5 Å². The fourth-order valence-electron chi connectivity index (χ4n) is 3.15. The molecule has 2 rings (SSSR count). The molecular weight excluding hydrogens is 276 g/mol. The lowest BCUT2D eigenvalue weighted by molar-refractivity contribution is 0.127. The maximum absolute atomic E-state index is 12.7. The lowest BCUT2D eigenvalue weighted by atomic mass is 9.76. The van der Waals surface area contributed by atoms with Crippen LogP contribution in [0.5, 0.6) is 0 Å². The zero-order valence-electron chi connectivity index (χ0n) is 12.4. The average Bonchev–Trinajstić information content (AvgIpc) is 2.85. The normalized spacial score (nSPS) is 27.9. The van der Waals surface area contributed by atoms with Gasteiger partial charge in [-0.25, -0.2) is 13.4 Å². The second-order valence-corrected chi connectivity index (χ2v) is 7.90. The molecule has 1 aliphatic rings. The van der Waals surface area contributed by atoms with Crippen molar-refractivity contribution in [3.63, 3.8) is 0 Å². The molecule has 114 valence electrons. The maximum Gasteiger partial charge on any atom is 0.262 e. The summed E-state index contributed by atoms with van der Waals surface area (Å²) >= 11 is 0. The highest BCUT2D eigenvalue weighted by atomic mass is 32.2. The number of nitrogens with zero attached hydrogens (tertiary/aromatic N) is 3. The molecule has 2 unspecified atom stereocenters. The molecule has 0 aliphatic heterocycles. The molecule has 6 nitrogen and oxygen atoms in total. The number of sulfonamides is 1. The van der Waals surface area contributed by atoms with Gasteiger partial charge in [0.15, 0.2) is 5.03 Å². The Morgan fingerprint density at radius 1 is 1.60 bits per heavy atom. The fourth-order valence-corrected chi connectivity index (χ4v) is 4.66. The molecule has 1 fully saturated rings. The van der Waals surface area contributed by atoms with E-state index in [-0.39, 0.29) is 5.03 Å². The van der Waals surface area contributed by atoms with E-state index >= 15 is 0 Å². The van der Waals surface area contributed by atoms with Gasteiger partial charge in [0, 0.05) is 32.4 Å². The van der Waals surface area contributed by atoms with Gasteiger partial charge in [0.05, 0.1) is 6.33 Å². The molecule has 0 bridgehead atoms. The van der Waals surface area contributed by atoms with Gasteiger partial charge >= 0.3 is 0 Å². The van der Waals surface area contributed by atoms with Gasteiger partial charge in [-0.3, -0.25) is 0 Å². The minimum Gasteiger partial charge on any atom is -0.339 e. The van der Waals surface area contributed by atoms with Crippen LogP contribution in [0.2, 0.25) is 0 Å². The van der Waals surface area contributed by atoms with Crippen molar-refractivity contribution in [2.24, 2.45) is 18.7 Å². The molecule has 1 aliphatic carbocycles. The summed E-state index contributed by atoms with van der Waals surface area (Å²) in [7, 11) is -0.199. The summed E-state index contributed by atoms with van der Waals surface area (Å²) in [5.74, 6) is 0.494. The molecule has 0 aromatic carbocycles. The van der Waals surface area contributed by atoms with Crippen LogP contribution in [0.25, 0.3) is 0 Å². The highest BCUT2D eigenvalue weighted by Gasteiger charge is 2.43. The lowest BCUT2D eigenvalue weighted by Crippen LogP contribution is -2.56. The molecule has 2 atom stereocenters. The molecule has 0 saturated heterocycles. The van der Waals surface area contributed by atoms with E-state index in [1.54, 1.807) is 18.7 Å². The van der Waals surface area contributed by atoms with Crippen molar-refractivity contribution in [3.8, 4) is 0 Å². The van der Waals surface area contributed by atoms with Crippen molar-refractivity contribution < 1.29 is 8.42 Å². The second kappa shape index (κ2) is 5.46. The molecule has 0 radical (unpaired) electrons. The van der Waals surface area contributed by atoms with E-state index in [4.69, 9.17) is 5.73 Å². The SMILES string of the molecule is CC1CCCC(CN)(N(C)S(=O)(=O)c2cn(C)cn2)C1. The van der Waals surface area contributed by atoms with Crippen molar-refractivity contribution in [2.75, 3.05) is 13.6 Å². The van der Waals surface area contributed by atoms with Crippen LogP contribution >= 0.6 is 0 Å². The minimum absolute atomic E-state index is 0.0913. The fraction of sp³-hybridized carbons (Fsp3) is 0.769. The topological polar surface area (TPSA) is 81.2 Å². The zero-order chi connectivity index (χ0) is 15.0. The van der Waals surface area contributed by atoms with Crippen LogP contribution in [0, 0.1) is 5.92 Å². The highest BCUT2D eigenvalue weighted by Crippen LogP contribution is 2.37. The number of imidazole rings is 1. The molecule has 1 saturated carbocycles. The Balaban J connectivity index is 2.35. The first-order valence-electron chi connectivity index (χ1n) is 6.99. The molecule has 2 N–H and O–H groups in total. The molecule has 1 heterocycles. The predicted molar refractivity (Wildman–Crippen MR) is 77.6 cm³/mol. The summed E-state index contributed by atoms with van der Waals surface area (Å²) < 4.78 is 28.5. The monoisotopic (exact) mass is 300 g/mol. The van der Waals surface area contributed by atoms with E-state index in [1.165, 1.54) is 16.8 Å². The maximum atomic E-state index is 12.7. The Morgan fingerprint density at radius 2 is 2.30 bits per heavy atom. The van der Waals surface area contributed by atoms with Crippen LogP contribution in [-0.2, 0) is 17.1 Å². The Kier molecular flexibility index (Phi) is 4.22. The Labute approximate surface area is 121 Å². The molecular formula is C13H24N4O2S. The first-order valence-corrected chi connectivity index (χ1v) is 8.43. The van der Waals surface area contributed by atoms with Gasteiger partial charge in [0.1, 0.15) is 0 Å². The van der Waals surface area contributed by atoms with E-state index < -0.39 is 15.6 Å². The van der Waals surface area contributed by atoms with Gasteiger partial charge in [0.25, 0.3) is 10.0 Å². The van der Waals surface area contributed by atoms with Gasteiger partial charge < -0.3 is 10.3 Å². The number of rotatable bonds is 4. The van der Waals surface area contributed by atoms with E-state index in [9.17, 15) is 8.42 Å². The predicted octanol–water partition coefficient (Wildman–Crippen LogP) is 0.948. The van der Waals surface area contributed by atoms with Crippen LogP contribution in [0.15, 0.2) is 17.6 Å². The van der Waals surface area contributed by atoms with Crippen molar-refractivity contribution in [1.29, 1.82) is 0 Å². The van der Waals surface area contributed by atoms with Crippen LogP contribution in [0.1, 0.15) is 32.6 Å². The van der Waals surface area contributed by atoms with E-state index in [2.05, 4.69) is 11.9 Å². The third-order valence-electron chi connectivity index (χ3n) is 4.42. The minimum atomic E-state index is -3.59. The Hall–Kier alpha value is -0.920. The summed E-state index contributed by atoms with van der Waals surface area (Å²) in [6, 6.07) is 0. The van der Waals surface area contributed by atoms with Crippen LogP contribution < -0.4 is 5.73 Å². The zero-order valence-corrected chi connectivity index (χ0v) is 13.2. The first-order chi connectivity index (χ1) is 9.32. The number of aromatic nitrogens is 2. The Bertz CT molecular complexity index is 569. The molecule has 20 heavy (non-hydrogen) atoms. The van der Waals surface area contributed by atoms with Crippen molar-refractivity contribution in [1.82, 2.24) is 13.9 Å². The van der Waals surface area contributed by atoms with Gasteiger partial charge in [-0.05, 0) is 18.8 Å². The summed E-state index contributed by atoms with van der Waals surface area (Å²) in [6.07, 6.45) is 6.81. The standard InChI is InChI=1S/C13H24N4O2S/c1-11-5-4-6-13(7-11,9-14)17(3)20(18,19)12-8-16(2)10-15-12/h8,10-11H,4-7,9,14H2,1-3H3. The molecule has 1 aromatic heterocycles. The van der Waals surface area contributed by atoms with Crippen LogP contribution in [0.3, 0.4) is 0 Å². The van der Waals surface area contributed by atoms with Gasteiger partial charge in [0.2, 0.25) is 0 Å². The van der Waals surface area contributed by atoms with Crippen LogP contribution in [-0.4, -0.2) is 41.4 Å². The summed E-state index contributed by atoms with van der Waals surface area (Å²) in [4.78, 5) is 3.98. The van der Waals surface area contributed by atoms with Crippen molar-refractivity contribution in [3.05, 3.63) is 12.5 Å². The highest BCUT2D eigenvalue weighted by molar-refractivity contribution is 7.89.